The average molecular weight is 388 g/mol. The van der Waals surface area contributed by atoms with Gasteiger partial charge in [-0.05, 0) is 48.9 Å². The molecule has 6 heteroatoms. The van der Waals surface area contributed by atoms with E-state index < -0.39 is 0 Å². The van der Waals surface area contributed by atoms with E-state index in [1.807, 2.05) is 55.5 Å². The van der Waals surface area contributed by atoms with E-state index in [1.54, 1.807) is 18.3 Å². The summed E-state index contributed by atoms with van der Waals surface area (Å²) in [5, 5.41) is 6.30. The van der Waals surface area contributed by atoms with Crippen LogP contribution in [-0.2, 0) is 4.74 Å². The van der Waals surface area contributed by atoms with Crippen LogP contribution in [0.25, 0.3) is 0 Å². The molecule has 1 saturated heterocycles. The van der Waals surface area contributed by atoms with Gasteiger partial charge in [-0.3, -0.25) is 4.79 Å². The zero-order valence-electron chi connectivity index (χ0n) is 16.4. The summed E-state index contributed by atoms with van der Waals surface area (Å²) in [6.07, 6.45) is 1.64. The number of benzene rings is 2. The third kappa shape index (κ3) is 4.73. The number of pyridine rings is 1. The van der Waals surface area contributed by atoms with Gasteiger partial charge in [-0.15, -0.1) is 0 Å². The molecule has 1 aliphatic heterocycles. The summed E-state index contributed by atoms with van der Waals surface area (Å²) in [7, 11) is 0. The lowest BCUT2D eigenvalue weighted by Gasteiger charge is -2.30. The number of anilines is 4. The van der Waals surface area contributed by atoms with Crippen LogP contribution in [0, 0.1) is 6.92 Å². The Labute approximate surface area is 170 Å². The number of hydrogen-bond acceptors (Lipinski definition) is 5. The lowest BCUT2D eigenvalue weighted by atomic mass is 10.2. The Kier molecular flexibility index (Phi) is 5.72. The van der Waals surface area contributed by atoms with Gasteiger partial charge in [-0.25, -0.2) is 4.98 Å². The number of rotatable bonds is 5. The van der Waals surface area contributed by atoms with Crippen molar-refractivity contribution in [2.45, 2.75) is 6.92 Å². The fraction of sp³-hybridized carbons (Fsp3) is 0.217. The van der Waals surface area contributed by atoms with Gasteiger partial charge in [-0.2, -0.15) is 0 Å². The quantitative estimate of drug-likeness (QED) is 0.685. The highest BCUT2D eigenvalue weighted by Gasteiger charge is 2.16. The Balaban J connectivity index is 1.51. The molecule has 2 aromatic carbocycles. The van der Waals surface area contributed by atoms with Crippen molar-refractivity contribution in [2.24, 2.45) is 0 Å². The second-order valence-corrected chi connectivity index (χ2v) is 6.99. The lowest BCUT2D eigenvalue weighted by Crippen LogP contribution is -2.36. The van der Waals surface area contributed by atoms with Crippen LogP contribution in [0.15, 0.2) is 66.9 Å². The number of ether oxygens (including phenoxy) is 1. The number of amides is 1. The maximum Gasteiger partial charge on any atom is 0.255 e. The van der Waals surface area contributed by atoms with E-state index in [9.17, 15) is 4.79 Å². The van der Waals surface area contributed by atoms with Gasteiger partial charge >= 0.3 is 0 Å². The Bertz CT molecular complexity index is 999. The molecule has 1 aromatic heterocycles. The zero-order valence-corrected chi connectivity index (χ0v) is 16.4. The molecule has 6 nitrogen and oxygen atoms in total. The summed E-state index contributed by atoms with van der Waals surface area (Å²) >= 11 is 0. The summed E-state index contributed by atoms with van der Waals surface area (Å²) in [4.78, 5) is 19.5. The molecular formula is C23H24N4O2. The minimum absolute atomic E-state index is 0.166. The second-order valence-electron chi connectivity index (χ2n) is 6.99. The molecule has 4 rings (SSSR count). The average Bonchev–Trinajstić information content (AvgIpc) is 2.75. The van der Waals surface area contributed by atoms with E-state index in [0.29, 0.717) is 24.6 Å². The molecule has 1 aliphatic rings. The number of aromatic nitrogens is 1. The Morgan fingerprint density at radius 1 is 1.03 bits per heavy atom. The van der Waals surface area contributed by atoms with Gasteiger partial charge in [-0.1, -0.05) is 24.3 Å². The van der Waals surface area contributed by atoms with E-state index in [1.165, 1.54) is 0 Å². The third-order valence-electron chi connectivity index (χ3n) is 4.82. The van der Waals surface area contributed by atoms with Crippen molar-refractivity contribution in [3.05, 3.63) is 78.0 Å². The second kappa shape index (κ2) is 8.75. The van der Waals surface area contributed by atoms with Crippen molar-refractivity contribution in [3.63, 3.8) is 0 Å². The number of nitrogens with one attached hydrogen (secondary N) is 2. The van der Waals surface area contributed by atoms with E-state index in [2.05, 4.69) is 20.5 Å². The van der Waals surface area contributed by atoms with Crippen LogP contribution in [0.5, 0.6) is 0 Å². The molecule has 1 fully saturated rings. The standard InChI is InChI=1S/C23H24N4O2/c1-17-5-4-6-19(15-17)25-22-16-18(9-10-24-22)23(28)26-20-7-2-3-8-21(20)27-11-13-29-14-12-27/h2-10,15-16H,11-14H2,1H3,(H,24,25)(H,26,28). The maximum atomic E-state index is 12.9. The molecule has 0 aliphatic carbocycles. The van der Waals surface area contributed by atoms with E-state index in [0.717, 1.165) is 35.7 Å². The number of nitrogens with zero attached hydrogens (tertiary/aromatic N) is 2. The predicted octanol–water partition coefficient (Wildman–Crippen LogP) is 4.22. The van der Waals surface area contributed by atoms with Gasteiger partial charge in [0.25, 0.3) is 5.91 Å². The molecule has 0 spiro atoms. The number of aryl methyl sites for hydroxylation is 1. The predicted molar refractivity (Wildman–Crippen MR) is 116 cm³/mol. The molecule has 1 amide bonds. The van der Waals surface area contributed by atoms with Crippen LogP contribution in [0.3, 0.4) is 0 Å². The topological polar surface area (TPSA) is 66.5 Å². The molecule has 2 N–H and O–H groups in total. The Morgan fingerprint density at radius 2 is 1.86 bits per heavy atom. The van der Waals surface area contributed by atoms with Crippen LogP contribution < -0.4 is 15.5 Å². The van der Waals surface area contributed by atoms with Crippen molar-refractivity contribution >= 4 is 28.8 Å². The summed E-state index contributed by atoms with van der Waals surface area (Å²) in [6.45, 7) is 5.05. The molecule has 148 valence electrons. The molecule has 3 aromatic rings. The number of morpholine rings is 1. The van der Waals surface area contributed by atoms with E-state index in [4.69, 9.17) is 4.74 Å². The Hall–Kier alpha value is -3.38. The van der Waals surface area contributed by atoms with Crippen LogP contribution in [0.4, 0.5) is 22.9 Å². The lowest BCUT2D eigenvalue weighted by molar-refractivity contribution is 0.102. The smallest absolute Gasteiger partial charge is 0.255 e. The van der Waals surface area contributed by atoms with Crippen LogP contribution in [-0.4, -0.2) is 37.2 Å². The van der Waals surface area contributed by atoms with Crippen molar-refractivity contribution < 1.29 is 9.53 Å². The minimum Gasteiger partial charge on any atom is -0.378 e. The summed E-state index contributed by atoms with van der Waals surface area (Å²) in [5.74, 6) is 0.463. The SMILES string of the molecule is Cc1cccc(Nc2cc(C(=O)Nc3ccccc3N3CCOCC3)ccn2)c1. The number of carbonyl (C=O) groups excluding carboxylic acids is 1. The number of carbonyl (C=O) groups is 1. The normalized spacial score (nSPS) is 13.8. The van der Waals surface area contributed by atoms with Crippen LogP contribution >= 0.6 is 0 Å². The van der Waals surface area contributed by atoms with Crippen molar-refractivity contribution in [1.82, 2.24) is 4.98 Å². The molecule has 0 bridgehead atoms. The first kappa shape index (κ1) is 19.0. The van der Waals surface area contributed by atoms with Gasteiger partial charge in [0.2, 0.25) is 0 Å². The van der Waals surface area contributed by atoms with Gasteiger partial charge in [0.15, 0.2) is 0 Å². The van der Waals surface area contributed by atoms with Crippen molar-refractivity contribution in [2.75, 3.05) is 41.8 Å². The highest BCUT2D eigenvalue weighted by molar-refractivity contribution is 6.06. The van der Waals surface area contributed by atoms with Gasteiger partial charge in [0.05, 0.1) is 24.6 Å². The molecular weight excluding hydrogens is 364 g/mol. The van der Waals surface area contributed by atoms with Crippen molar-refractivity contribution in [3.8, 4) is 0 Å². The summed E-state index contributed by atoms with van der Waals surface area (Å²) < 4.78 is 5.44. The molecule has 0 radical (unpaired) electrons. The largest absolute Gasteiger partial charge is 0.378 e. The molecule has 0 unspecified atom stereocenters. The summed E-state index contributed by atoms with van der Waals surface area (Å²) in [6, 6.07) is 19.4. The number of para-hydroxylation sites is 2. The molecule has 0 atom stereocenters. The maximum absolute atomic E-state index is 12.9. The van der Waals surface area contributed by atoms with Gasteiger partial charge < -0.3 is 20.3 Å². The van der Waals surface area contributed by atoms with Gasteiger partial charge in [0, 0.05) is 30.5 Å². The van der Waals surface area contributed by atoms with E-state index >= 15 is 0 Å². The monoisotopic (exact) mass is 388 g/mol. The Morgan fingerprint density at radius 3 is 2.69 bits per heavy atom. The molecule has 2 heterocycles. The van der Waals surface area contributed by atoms with Crippen LogP contribution in [0.1, 0.15) is 15.9 Å². The first-order valence-electron chi connectivity index (χ1n) is 9.72. The van der Waals surface area contributed by atoms with Gasteiger partial charge in [0.1, 0.15) is 5.82 Å². The summed E-state index contributed by atoms with van der Waals surface area (Å²) in [5.41, 5.74) is 4.45. The van der Waals surface area contributed by atoms with Crippen molar-refractivity contribution in [1.29, 1.82) is 0 Å². The fourth-order valence-corrected chi connectivity index (χ4v) is 3.36. The van der Waals surface area contributed by atoms with E-state index in [-0.39, 0.29) is 5.91 Å². The number of hydrogen-bond donors (Lipinski definition) is 2. The first-order chi connectivity index (χ1) is 14.2. The third-order valence-corrected chi connectivity index (χ3v) is 4.82. The fourth-order valence-electron chi connectivity index (χ4n) is 3.36. The molecule has 0 saturated carbocycles. The minimum atomic E-state index is -0.166. The highest BCUT2D eigenvalue weighted by Crippen LogP contribution is 2.27. The zero-order chi connectivity index (χ0) is 20.1. The first-order valence-corrected chi connectivity index (χ1v) is 9.72. The molecule has 29 heavy (non-hydrogen) atoms. The van der Waals surface area contributed by atoms with Crippen LogP contribution in [0.2, 0.25) is 0 Å². The highest BCUT2D eigenvalue weighted by atomic mass is 16.5.